The number of anilines is 4. The summed E-state index contributed by atoms with van der Waals surface area (Å²) in [7, 11) is 0. The van der Waals surface area contributed by atoms with E-state index in [-0.39, 0.29) is 16.4 Å². The molecule has 68 heavy (non-hydrogen) atoms. The van der Waals surface area contributed by atoms with Crippen molar-refractivity contribution in [3.8, 4) is 50.7 Å². The molecule has 3 heterocycles. The average molecular weight is 888 g/mol. The Labute approximate surface area is 404 Å². The number of pyridine rings is 1. The lowest BCUT2D eigenvalue weighted by molar-refractivity contribution is 0.483. The van der Waals surface area contributed by atoms with Gasteiger partial charge in [-0.1, -0.05) is 175 Å². The van der Waals surface area contributed by atoms with Gasteiger partial charge in [0.15, 0.2) is 0 Å². The molecule has 2 aromatic heterocycles. The van der Waals surface area contributed by atoms with Crippen LogP contribution in [0.1, 0.15) is 62.3 Å². The number of hydrogen-bond acceptors (Lipinski definition) is 4. The van der Waals surface area contributed by atoms with Crippen LogP contribution in [-0.4, -0.2) is 16.2 Å². The summed E-state index contributed by atoms with van der Waals surface area (Å²) in [6.45, 7) is 11.5. The maximum absolute atomic E-state index is 8.67. The van der Waals surface area contributed by atoms with Crippen molar-refractivity contribution in [2.75, 3.05) is 16.5 Å². The lowest BCUT2D eigenvalue weighted by atomic mass is 9.86. The molecule has 0 bridgehead atoms. The molecule has 0 saturated heterocycles. The van der Waals surface area contributed by atoms with Crippen molar-refractivity contribution >= 4 is 44.6 Å². The van der Waals surface area contributed by atoms with E-state index >= 15 is 0 Å². The number of nitrogens with zero attached hydrogens (tertiary/aromatic N) is 4. The van der Waals surface area contributed by atoms with Crippen LogP contribution in [0.3, 0.4) is 0 Å². The topological polar surface area (TPSA) is 33.5 Å². The van der Waals surface area contributed by atoms with Crippen molar-refractivity contribution in [2.45, 2.75) is 59.2 Å². The summed E-state index contributed by atoms with van der Waals surface area (Å²) in [5.74, 6) is 1.86. The molecule has 1 aliphatic heterocycles. The third kappa shape index (κ3) is 7.78. The van der Waals surface area contributed by atoms with Crippen LogP contribution in [0.15, 0.2) is 200 Å². The van der Waals surface area contributed by atoms with Crippen LogP contribution in [0.25, 0.3) is 61.0 Å². The Morgan fingerprint density at radius 3 is 1.74 bits per heavy atom. The highest BCUT2D eigenvalue weighted by Gasteiger charge is 2.31. The standard InChI is InChI=1S/C63H56N4O/c1-42-37-60(64-40-55(42)45-29-33-47(34-30-45)63(5,6)7)67-56-24-12-11-21-53(56)54-36-35-50(39-59(54)67)68-49-20-15-19-48(38-49)65-41-66(58-26-14-13-25-57(58)65)61-51(43-17-9-8-10-18-43)22-16-23-52(61)44-27-31-46(32-28-44)62(2,3)4/h8-40H,41H2,1-7H3/i1D3. The quantitative estimate of drug-likeness (QED) is 0.152. The summed E-state index contributed by atoms with van der Waals surface area (Å²) in [6, 6.07) is 67.4. The Kier molecular flexibility index (Phi) is 9.69. The zero-order chi connectivity index (χ0) is 49.2. The van der Waals surface area contributed by atoms with Gasteiger partial charge in [-0.15, -0.1) is 0 Å². The van der Waals surface area contributed by atoms with Gasteiger partial charge in [0, 0.05) is 55.6 Å². The Hall–Kier alpha value is -7.89. The lowest BCUT2D eigenvalue weighted by Gasteiger charge is -2.27. The molecule has 334 valence electrons. The summed E-state index contributed by atoms with van der Waals surface area (Å²) in [5.41, 5.74) is 15.0. The predicted molar refractivity (Wildman–Crippen MR) is 286 cm³/mol. The molecule has 0 aliphatic carbocycles. The van der Waals surface area contributed by atoms with Gasteiger partial charge < -0.3 is 14.5 Å². The van der Waals surface area contributed by atoms with E-state index in [1.165, 1.54) is 22.3 Å². The second-order valence-electron chi connectivity index (χ2n) is 19.9. The van der Waals surface area contributed by atoms with Gasteiger partial charge >= 0.3 is 0 Å². The fourth-order valence-electron chi connectivity index (χ4n) is 9.75. The lowest BCUT2D eigenvalue weighted by Crippen LogP contribution is -2.25. The largest absolute Gasteiger partial charge is 0.457 e. The third-order valence-electron chi connectivity index (χ3n) is 13.4. The monoisotopic (exact) mass is 887 g/mol. The maximum atomic E-state index is 8.67. The SMILES string of the molecule is [2H]C([2H])([2H])c1cc(-n2c3ccccc3c3ccc(Oc4cccc(N5CN(c6c(-c7ccccc7)cccc6-c6ccc(C(C)(C)C)cc6)c6ccccc65)c4)cc32)ncc1-c1ccc(C(C)(C)C)cc1. The normalized spacial score (nSPS) is 13.6. The fraction of sp³-hybridized carbons (Fsp3) is 0.159. The Morgan fingerprint density at radius 2 is 1.06 bits per heavy atom. The number of para-hydroxylation sites is 4. The molecule has 0 unspecified atom stereocenters. The number of benzene rings is 8. The molecule has 0 saturated carbocycles. The molecule has 10 aromatic rings. The molecular formula is C63H56N4O. The molecular weight excluding hydrogens is 829 g/mol. The molecule has 0 amide bonds. The van der Waals surface area contributed by atoms with Crippen molar-refractivity contribution in [1.29, 1.82) is 0 Å². The highest BCUT2D eigenvalue weighted by atomic mass is 16.5. The summed E-state index contributed by atoms with van der Waals surface area (Å²) in [4.78, 5) is 9.78. The molecule has 5 nitrogen and oxygen atoms in total. The minimum absolute atomic E-state index is 0.0287. The summed E-state index contributed by atoms with van der Waals surface area (Å²) >= 11 is 0. The van der Waals surface area contributed by atoms with Crippen molar-refractivity contribution < 1.29 is 8.85 Å². The second-order valence-corrected chi connectivity index (χ2v) is 19.9. The first-order valence-electron chi connectivity index (χ1n) is 25.0. The second kappa shape index (κ2) is 16.8. The maximum Gasteiger partial charge on any atom is 0.137 e. The van der Waals surface area contributed by atoms with Crippen molar-refractivity contribution in [3.63, 3.8) is 0 Å². The van der Waals surface area contributed by atoms with Gasteiger partial charge in [0.2, 0.25) is 0 Å². The van der Waals surface area contributed by atoms with Crippen molar-refractivity contribution in [1.82, 2.24) is 9.55 Å². The number of aryl methyl sites for hydroxylation is 1. The summed E-state index contributed by atoms with van der Waals surface area (Å²) in [6.07, 6.45) is 1.71. The smallest absolute Gasteiger partial charge is 0.137 e. The summed E-state index contributed by atoms with van der Waals surface area (Å²) < 4.78 is 34.8. The van der Waals surface area contributed by atoms with Gasteiger partial charge in [-0.2, -0.15) is 0 Å². The average Bonchev–Trinajstić information content (AvgIpc) is 3.91. The van der Waals surface area contributed by atoms with Crippen LogP contribution in [0.2, 0.25) is 0 Å². The molecule has 5 heteroatoms. The van der Waals surface area contributed by atoms with E-state index in [0.29, 0.717) is 29.5 Å². The minimum Gasteiger partial charge on any atom is -0.457 e. The van der Waals surface area contributed by atoms with E-state index in [2.05, 4.69) is 191 Å². The van der Waals surface area contributed by atoms with Gasteiger partial charge in [-0.05, 0) is 99.6 Å². The van der Waals surface area contributed by atoms with Crippen LogP contribution >= 0.6 is 0 Å². The number of rotatable bonds is 8. The Morgan fingerprint density at radius 1 is 0.485 bits per heavy atom. The van der Waals surface area contributed by atoms with E-state index in [4.69, 9.17) is 13.8 Å². The number of ether oxygens (including phenoxy) is 1. The zero-order valence-corrected chi connectivity index (χ0v) is 39.5. The van der Waals surface area contributed by atoms with E-state index < -0.39 is 6.85 Å². The molecule has 0 fully saturated rings. The van der Waals surface area contributed by atoms with Crippen LogP contribution in [0.4, 0.5) is 22.7 Å². The van der Waals surface area contributed by atoms with E-state index in [1.807, 2.05) is 53.1 Å². The van der Waals surface area contributed by atoms with Gasteiger partial charge in [-0.25, -0.2) is 4.98 Å². The first-order chi connectivity index (χ1) is 34.1. The van der Waals surface area contributed by atoms with Gasteiger partial charge in [0.25, 0.3) is 0 Å². The van der Waals surface area contributed by atoms with E-state index in [1.54, 1.807) is 12.3 Å². The Bertz CT molecular complexity index is 3600. The van der Waals surface area contributed by atoms with Crippen LogP contribution < -0.4 is 14.5 Å². The van der Waals surface area contributed by atoms with Crippen molar-refractivity contribution in [2.24, 2.45) is 0 Å². The van der Waals surface area contributed by atoms with Crippen LogP contribution in [-0.2, 0) is 10.8 Å². The third-order valence-corrected chi connectivity index (χ3v) is 13.4. The van der Waals surface area contributed by atoms with Gasteiger partial charge in [-0.3, -0.25) is 4.57 Å². The van der Waals surface area contributed by atoms with Crippen LogP contribution in [0, 0.1) is 6.85 Å². The van der Waals surface area contributed by atoms with E-state index in [9.17, 15) is 0 Å². The van der Waals surface area contributed by atoms with Gasteiger partial charge in [0.1, 0.15) is 24.0 Å². The van der Waals surface area contributed by atoms with Crippen molar-refractivity contribution in [3.05, 3.63) is 217 Å². The zero-order valence-electron chi connectivity index (χ0n) is 42.5. The first kappa shape index (κ1) is 39.3. The number of fused-ring (bicyclic) bond motifs is 4. The van der Waals surface area contributed by atoms with Crippen LogP contribution in [0.5, 0.6) is 11.5 Å². The predicted octanol–water partition coefficient (Wildman–Crippen LogP) is 17.1. The molecule has 8 aromatic carbocycles. The van der Waals surface area contributed by atoms with E-state index in [0.717, 1.165) is 61.2 Å². The number of hydrogen-bond donors (Lipinski definition) is 0. The molecule has 0 atom stereocenters. The first-order valence-corrected chi connectivity index (χ1v) is 23.5. The Balaban J connectivity index is 0.957. The molecule has 0 spiro atoms. The minimum atomic E-state index is -2.38. The van der Waals surface area contributed by atoms with Gasteiger partial charge in [0.05, 0.1) is 28.1 Å². The molecule has 11 rings (SSSR count). The highest BCUT2D eigenvalue weighted by Crippen LogP contribution is 2.50. The fourth-order valence-corrected chi connectivity index (χ4v) is 9.75. The molecule has 0 radical (unpaired) electrons. The molecule has 0 N–H and O–H groups in total. The summed E-state index contributed by atoms with van der Waals surface area (Å²) in [5, 5.41) is 2.04. The molecule has 1 aliphatic rings. The highest BCUT2D eigenvalue weighted by molar-refractivity contribution is 6.09. The number of aromatic nitrogens is 2.